The Kier molecular flexibility index (Phi) is 9.09. The summed E-state index contributed by atoms with van der Waals surface area (Å²) in [4.78, 5) is 0. The van der Waals surface area contributed by atoms with Gasteiger partial charge in [0.25, 0.3) is 10.1 Å². The minimum absolute atomic E-state index is 0. The third kappa shape index (κ3) is 12.7. The van der Waals surface area contributed by atoms with Gasteiger partial charge in [-0.1, -0.05) is 0 Å². The molecule has 0 aromatic heterocycles. The van der Waals surface area contributed by atoms with Crippen molar-refractivity contribution < 1.29 is 13.0 Å². The average molecular weight is 179 g/mol. The molecule has 0 saturated carbocycles. The summed E-state index contributed by atoms with van der Waals surface area (Å²) in [6, 6.07) is 0. The second kappa shape index (κ2) is 6.23. The van der Waals surface area contributed by atoms with Gasteiger partial charge in [-0.15, -0.1) is 0 Å². The summed E-state index contributed by atoms with van der Waals surface area (Å²) in [7, 11) is -2.13. The van der Waals surface area contributed by atoms with Gasteiger partial charge in [0.2, 0.25) is 0 Å². The molecule has 0 fully saturated rings. The molecule has 0 aliphatic heterocycles. The summed E-state index contributed by atoms with van der Waals surface area (Å²) in [5.41, 5.74) is 0. The Hall–Kier alpha value is 1.51. The zero-order chi connectivity index (χ0) is 6.62. The van der Waals surface area contributed by atoms with E-state index in [4.69, 9.17) is 4.55 Å². The van der Waals surface area contributed by atoms with E-state index in [0.29, 0.717) is 6.54 Å². The molecule has 0 bridgehead atoms. The van der Waals surface area contributed by atoms with Crippen molar-refractivity contribution in [3.8, 4) is 0 Å². The number of nitrogens with one attached hydrogen (secondary N) is 1. The Morgan fingerprint density at radius 2 is 2.00 bits per heavy atom. The van der Waals surface area contributed by atoms with Gasteiger partial charge in [0.15, 0.2) is 0 Å². The van der Waals surface area contributed by atoms with Gasteiger partial charge >= 0.3 is 51.4 Å². The zero-order valence-electron chi connectivity index (χ0n) is 4.59. The van der Waals surface area contributed by atoms with Crippen LogP contribution in [0.3, 0.4) is 0 Å². The molecule has 0 unspecified atom stereocenters. The van der Waals surface area contributed by atoms with Crippen molar-refractivity contribution in [3.05, 3.63) is 0 Å². The average Bonchev–Trinajstić information content (AvgIpc) is 1.59. The summed E-state index contributed by atoms with van der Waals surface area (Å²) in [5, 5.41) is 2.59. The first-order valence-electron chi connectivity index (χ1n) is 2.16. The van der Waals surface area contributed by atoms with Gasteiger partial charge in [-0.05, 0) is 7.05 Å². The van der Waals surface area contributed by atoms with E-state index in [1.54, 1.807) is 7.05 Å². The Balaban J connectivity index is 0. The molecule has 0 aliphatic rings. The predicted octanol–water partition coefficient (Wildman–Crippen LogP) is -1.55. The molecule has 0 atom stereocenters. The maximum absolute atomic E-state index is 9.91. The fraction of sp³-hybridized carbons (Fsp3) is 1.00. The van der Waals surface area contributed by atoms with Crippen LogP contribution in [0.25, 0.3) is 0 Å². The quantitative estimate of drug-likeness (QED) is 0.406. The van der Waals surface area contributed by atoms with E-state index in [0.717, 1.165) is 0 Å². The van der Waals surface area contributed by atoms with Gasteiger partial charge in [-0.25, -0.2) is 0 Å². The van der Waals surface area contributed by atoms with Crippen molar-refractivity contribution in [3.63, 3.8) is 0 Å². The molecule has 0 heterocycles. The first-order valence-corrected chi connectivity index (χ1v) is 3.77. The predicted molar refractivity (Wildman–Crippen MR) is 37.5 cm³/mol. The van der Waals surface area contributed by atoms with Crippen molar-refractivity contribution >= 4 is 61.5 Å². The summed E-state index contributed by atoms with van der Waals surface area (Å²) in [6.07, 6.45) is 0. The number of hydrogen-bond donors (Lipinski definition) is 2. The second-order valence-electron chi connectivity index (χ2n) is 1.39. The molecular weight excluding hydrogens is 169 g/mol. The van der Waals surface area contributed by atoms with E-state index in [1.165, 1.54) is 0 Å². The maximum atomic E-state index is 9.91. The van der Waals surface area contributed by atoms with Crippen LogP contribution in [0.1, 0.15) is 0 Å². The zero-order valence-corrected chi connectivity index (χ0v) is 5.40. The first kappa shape index (κ1) is 13.1. The van der Waals surface area contributed by atoms with E-state index in [2.05, 4.69) is 5.32 Å². The molecule has 0 aliphatic carbocycles. The van der Waals surface area contributed by atoms with Crippen molar-refractivity contribution in [1.29, 1.82) is 0 Å². The third-order valence-electron chi connectivity index (χ3n) is 0.610. The van der Waals surface area contributed by atoms with Gasteiger partial charge < -0.3 is 5.32 Å². The molecule has 0 amide bonds. The van der Waals surface area contributed by atoms with Crippen LogP contribution in [-0.4, -0.2) is 83.7 Å². The van der Waals surface area contributed by atoms with Crippen LogP contribution in [0.5, 0.6) is 0 Å². The van der Waals surface area contributed by atoms with E-state index < -0.39 is 10.1 Å². The second-order valence-corrected chi connectivity index (χ2v) is 2.96. The molecule has 0 radical (unpaired) electrons. The molecule has 0 aromatic carbocycles. The molecule has 9 heavy (non-hydrogen) atoms. The van der Waals surface area contributed by atoms with Gasteiger partial charge in [-0.2, -0.15) is 8.42 Å². The molecule has 0 spiro atoms. The van der Waals surface area contributed by atoms with E-state index >= 15 is 0 Å². The van der Waals surface area contributed by atoms with E-state index in [1.807, 2.05) is 0 Å². The fourth-order valence-electron chi connectivity index (χ4n) is 0.231. The summed E-state index contributed by atoms with van der Waals surface area (Å²) >= 11 is 0. The normalized spacial score (nSPS) is 10.4. The van der Waals surface area contributed by atoms with Crippen LogP contribution < -0.4 is 5.32 Å². The number of hydrogen-bond acceptors (Lipinski definition) is 3. The molecule has 6 heteroatoms. The third-order valence-corrected chi connectivity index (χ3v) is 1.33. The molecule has 52 valence electrons. The summed E-state index contributed by atoms with van der Waals surface area (Å²) < 4.78 is 27.9. The molecule has 2 N–H and O–H groups in total. The molecular formula is C3H10KNO3S. The molecule has 0 aromatic rings. The molecule has 0 saturated heterocycles. The molecule has 0 rings (SSSR count). The van der Waals surface area contributed by atoms with Crippen molar-refractivity contribution in [2.75, 3.05) is 19.3 Å². The van der Waals surface area contributed by atoms with Crippen molar-refractivity contribution in [2.45, 2.75) is 0 Å². The van der Waals surface area contributed by atoms with Crippen molar-refractivity contribution in [2.24, 2.45) is 0 Å². The Morgan fingerprint density at radius 1 is 1.56 bits per heavy atom. The number of rotatable bonds is 3. The van der Waals surface area contributed by atoms with Crippen LogP contribution in [-0.2, 0) is 10.1 Å². The first-order chi connectivity index (χ1) is 3.56. The van der Waals surface area contributed by atoms with Gasteiger partial charge in [0, 0.05) is 6.54 Å². The molecule has 4 nitrogen and oxygen atoms in total. The standard InChI is InChI=1S/C3H9NO3S.K.H/c1-4-2-3-8(5,6)7;;/h4H,2-3H2,1H3,(H,5,6,7);;. The van der Waals surface area contributed by atoms with Gasteiger partial charge in [0.1, 0.15) is 0 Å². The Labute approximate surface area is 97.6 Å². The van der Waals surface area contributed by atoms with Crippen LogP contribution in [0, 0.1) is 0 Å². The van der Waals surface area contributed by atoms with Gasteiger partial charge in [-0.3, -0.25) is 4.55 Å². The monoisotopic (exact) mass is 179 g/mol. The van der Waals surface area contributed by atoms with Crippen LogP contribution in [0.2, 0.25) is 0 Å². The van der Waals surface area contributed by atoms with Crippen molar-refractivity contribution in [1.82, 2.24) is 5.32 Å². The minimum atomic E-state index is -3.75. The summed E-state index contributed by atoms with van der Waals surface area (Å²) in [5.74, 6) is -0.219. The van der Waals surface area contributed by atoms with Gasteiger partial charge in [0.05, 0.1) is 5.75 Å². The topological polar surface area (TPSA) is 66.4 Å². The van der Waals surface area contributed by atoms with Crippen LogP contribution >= 0.6 is 0 Å². The Morgan fingerprint density at radius 3 is 2.11 bits per heavy atom. The van der Waals surface area contributed by atoms with E-state index in [9.17, 15) is 8.42 Å². The van der Waals surface area contributed by atoms with E-state index in [-0.39, 0.29) is 57.1 Å². The fourth-order valence-corrected chi connectivity index (χ4v) is 0.693. The SMILES string of the molecule is CNCCS(=O)(=O)O.[KH]. The Bertz CT molecular complexity index is 143. The summed E-state index contributed by atoms with van der Waals surface area (Å²) in [6.45, 7) is 0.291. The van der Waals surface area contributed by atoms with Crippen LogP contribution in [0.15, 0.2) is 0 Å². The van der Waals surface area contributed by atoms with Crippen LogP contribution in [0.4, 0.5) is 0 Å².